The van der Waals surface area contributed by atoms with Crippen molar-refractivity contribution in [2.75, 3.05) is 5.43 Å². The van der Waals surface area contributed by atoms with Gasteiger partial charge in [0.2, 0.25) is 0 Å². The van der Waals surface area contributed by atoms with E-state index in [1.807, 2.05) is 30.3 Å². The van der Waals surface area contributed by atoms with E-state index >= 15 is 0 Å². The van der Waals surface area contributed by atoms with Gasteiger partial charge in [-0.3, -0.25) is 5.43 Å². The Kier molecular flexibility index (Phi) is 4.94. The average molecular weight is 334 g/mol. The molecule has 1 N–H and O–H groups in total. The van der Waals surface area contributed by atoms with E-state index in [0.29, 0.717) is 25.9 Å². The number of nitrogens with zero attached hydrogens (tertiary/aromatic N) is 1. The van der Waals surface area contributed by atoms with E-state index in [2.05, 4.69) is 10.5 Å². The molecule has 0 amide bonds. The molecule has 0 heterocycles. The monoisotopic (exact) mass is 332 g/mol. The molecule has 0 saturated carbocycles. The van der Waals surface area contributed by atoms with E-state index in [4.69, 9.17) is 46.4 Å². The van der Waals surface area contributed by atoms with Gasteiger partial charge >= 0.3 is 0 Å². The highest BCUT2D eigenvalue weighted by Gasteiger charge is 2.07. The Labute approximate surface area is 130 Å². The van der Waals surface area contributed by atoms with Crippen LogP contribution in [0.5, 0.6) is 0 Å². The Morgan fingerprint density at radius 2 is 1.53 bits per heavy atom. The van der Waals surface area contributed by atoms with Crippen LogP contribution in [0.4, 0.5) is 5.69 Å². The van der Waals surface area contributed by atoms with Gasteiger partial charge in [-0.15, -0.1) is 0 Å². The second kappa shape index (κ2) is 6.49. The van der Waals surface area contributed by atoms with Crippen molar-refractivity contribution in [1.29, 1.82) is 0 Å². The average Bonchev–Trinajstić information content (AvgIpc) is 2.38. The largest absolute Gasteiger partial charge is 0.274 e. The molecule has 0 saturated heterocycles. The maximum Gasteiger partial charge on any atom is 0.156 e. The number of hydrogen-bond acceptors (Lipinski definition) is 2. The van der Waals surface area contributed by atoms with E-state index in [1.54, 1.807) is 12.1 Å². The highest BCUT2D eigenvalue weighted by molar-refractivity contribution is 6.69. The molecule has 19 heavy (non-hydrogen) atoms. The molecule has 98 valence electrons. The van der Waals surface area contributed by atoms with Crippen LogP contribution in [0.3, 0.4) is 0 Å². The minimum absolute atomic E-state index is 0.308. The Balaban J connectivity index is 2.23. The maximum absolute atomic E-state index is 6.07. The first-order valence-corrected chi connectivity index (χ1v) is 6.78. The highest BCUT2D eigenvalue weighted by Crippen LogP contribution is 2.33. The molecule has 0 aliphatic carbocycles. The highest BCUT2D eigenvalue weighted by atomic mass is 35.5. The molecular formula is C13H8Cl4N2. The SMILES string of the molecule is Cl/C(=N/Nc1c(Cl)cc(Cl)cc1Cl)c1ccccc1. The summed E-state index contributed by atoms with van der Waals surface area (Å²) >= 11 is 23.9. The summed E-state index contributed by atoms with van der Waals surface area (Å²) in [6.07, 6.45) is 0. The third-order valence-electron chi connectivity index (χ3n) is 2.28. The molecule has 2 rings (SSSR count). The fourth-order valence-electron chi connectivity index (χ4n) is 1.39. The molecule has 6 heteroatoms. The number of hydrogen-bond donors (Lipinski definition) is 1. The summed E-state index contributed by atoms with van der Waals surface area (Å²) in [5.41, 5.74) is 3.99. The van der Waals surface area contributed by atoms with Crippen molar-refractivity contribution >= 4 is 57.3 Å². The maximum atomic E-state index is 6.07. The summed E-state index contributed by atoms with van der Waals surface area (Å²) in [5, 5.41) is 5.55. The molecule has 0 atom stereocenters. The van der Waals surface area contributed by atoms with Gasteiger partial charge in [0.25, 0.3) is 0 Å². The summed E-state index contributed by atoms with van der Waals surface area (Å²) in [6, 6.07) is 12.5. The summed E-state index contributed by atoms with van der Waals surface area (Å²) in [5.74, 6) is 0. The Morgan fingerprint density at radius 3 is 2.11 bits per heavy atom. The molecule has 0 aromatic heterocycles. The fraction of sp³-hybridized carbons (Fsp3) is 0. The van der Waals surface area contributed by atoms with Gasteiger partial charge in [0.1, 0.15) is 0 Å². The zero-order chi connectivity index (χ0) is 13.8. The summed E-state index contributed by atoms with van der Waals surface area (Å²) in [7, 11) is 0. The minimum Gasteiger partial charge on any atom is -0.274 e. The predicted molar refractivity (Wildman–Crippen MR) is 83.9 cm³/mol. The first-order valence-electron chi connectivity index (χ1n) is 5.27. The van der Waals surface area contributed by atoms with Crippen LogP contribution in [0, 0.1) is 0 Å². The van der Waals surface area contributed by atoms with Crippen molar-refractivity contribution in [3.63, 3.8) is 0 Å². The molecular weight excluding hydrogens is 326 g/mol. The molecule has 0 unspecified atom stereocenters. The summed E-state index contributed by atoms with van der Waals surface area (Å²) < 4.78 is 0. The van der Waals surface area contributed by atoms with E-state index < -0.39 is 0 Å². The molecule has 2 aromatic carbocycles. The predicted octanol–water partition coefficient (Wildman–Crippen LogP) is 5.66. The first kappa shape index (κ1) is 14.5. The van der Waals surface area contributed by atoms with Crippen molar-refractivity contribution in [3.8, 4) is 0 Å². The second-order valence-electron chi connectivity index (χ2n) is 3.62. The minimum atomic E-state index is 0.308. The third-order valence-corrected chi connectivity index (χ3v) is 3.40. The summed E-state index contributed by atoms with van der Waals surface area (Å²) in [6.45, 7) is 0. The lowest BCUT2D eigenvalue weighted by Crippen LogP contribution is -1.98. The molecule has 0 radical (unpaired) electrons. The van der Waals surface area contributed by atoms with Crippen molar-refractivity contribution in [3.05, 3.63) is 63.1 Å². The van der Waals surface area contributed by atoms with E-state index in [1.165, 1.54) is 0 Å². The Hall–Kier alpha value is -0.930. The standard InChI is InChI=1S/C13H8Cl4N2/c14-9-6-10(15)12(11(16)7-9)18-19-13(17)8-4-2-1-3-5-8/h1-7,18H/b19-13+. The van der Waals surface area contributed by atoms with Crippen LogP contribution < -0.4 is 5.43 Å². The van der Waals surface area contributed by atoms with Crippen LogP contribution in [0.2, 0.25) is 15.1 Å². The van der Waals surface area contributed by atoms with Gasteiger partial charge in [0, 0.05) is 10.6 Å². The first-order chi connectivity index (χ1) is 9.08. The lowest BCUT2D eigenvalue weighted by Gasteiger charge is -2.07. The number of halogens is 4. The molecule has 0 aliphatic heterocycles. The number of hydrazone groups is 1. The van der Waals surface area contributed by atoms with Gasteiger partial charge < -0.3 is 0 Å². The lowest BCUT2D eigenvalue weighted by atomic mass is 10.2. The zero-order valence-corrected chi connectivity index (χ0v) is 12.5. The smallest absolute Gasteiger partial charge is 0.156 e. The number of rotatable bonds is 3. The number of nitrogens with one attached hydrogen (secondary N) is 1. The molecule has 0 aliphatic rings. The number of benzene rings is 2. The van der Waals surface area contributed by atoms with Gasteiger partial charge in [0.15, 0.2) is 5.17 Å². The van der Waals surface area contributed by atoms with Gasteiger partial charge in [-0.2, -0.15) is 5.10 Å². The van der Waals surface area contributed by atoms with E-state index in [9.17, 15) is 0 Å². The van der Waals surface area contributed by atoms with Gasteiger partial charge in [-0.05, 0) is 12.1 Å². The van der Waals surface area contributed by atoms with Gasteiger partial charge in [0.05, 0.1) is 15.7 Å². The van der Waals surface area contributed by atoms with Crippen molar-refractivity contribution in [2.24, 2.45) is 5.10 Å². The van der Waals surface area contributed by atoms with Crippen LogP contribution >= 0.6 is 46.4 Å². The van der Waals surface area contributed by atoms with Gasteiger partial charge in [-0.25, -0.2) is 0 Å². The molecule has 0 spiro atoms. The lowest BCUT2D eigenvalue weighted by molar-refractivity contribution is 1.34. The normalized spacial score (nSPS) is 11.5. The van der Waals surface area contributed by atoms with Crippen LogP contribution in [-0.4, -0.2) is 5.17 Å². The van der Waals surface area contributed by atoms with Crippen molar-refractivity contribution < 1.29 is 0 Å². The second-order valence-corrected chi connectivity index (χ2v) is 5.23. The summed E-state index contributed by atoms with van der Waals surface area (Å²) in [4.78, 5) is 0. The van der Waals surface area contributed by atoms with Crippen LogP contribution in [0.1, 0.15) is 5.56 Å². The fourth-order valence-corrected chi connectivity index (χ4v) is 2.46. The number of anilines is 1. The topological polar surface area (TPSA) is 24.4 Å². The van der Waals surface area contributed by atoms with E-state index in [-0.39, 0.29) is 0 Å². The van der Waals surface area contributed by atoms with E-state index in [0.717, 1.165) is 5.56 Å². The Bertz CT molecular complexity index is 588. The molecule has 0 bridgehead atoms. The molecule has 2 aromatic rings. The third kappa shape index (κ3) is 3.77. The molecule has 0 fully saturated rings. The van der Waals surface area contributed by atoms with Gasteiger partial charge in [-0.1, -0.05) is 76.7 Å². The van der Waals surface area contributed by atoms with Crippen molar-refractivity contribution in [2.45, 2.75) is 0 Å². The van der Waals surface area contributed by atoms with Crippen LogP contribution in [0.25, 0.3) is 0 Å². The Morgan fingerprint density at radius 1 is 0.947 bits per heavy atom. The van der Waals surface area contributed by atoms with Crippen LogP contribution in [0.15, 0.2) is 47.6 Å². The van der Waals surface area contributed by atoms with Crippen molar-refractivity contribution in [1.82, 2.24) is 0 Å². The zero-order valence-electron chi connectivity index (χ0n) is 9.50. The quantitative estimate of drug-likeness (QED) is 0.568. The van der Waals surface area contributed by atoms with Crippen LogP contribution in [-0.2, 0) is 0 Å². The molecule has 2 nitrogen and oxygen atoms in total.